The zero-order valence-corrected chi connectivity index (χ0v) is 13.1. The Balaban J connectivity index is 2.23. The molecule has 0 aliphatic carbocycles. The summed E-state index contributed by atoms with van der Waals surface area (Å²) in [5.41, 5.74) is 1.04. The molecule has 3 nitrogen and oxygen atoms in total. The summed E-state index contributed by atoms with van der Waals surface area (Å²) in [6.45, 7) is 3.74. The monoisotopic (exact) mass is 369 g/mol. The molecule has 0 fully saturated rings. The molecule has 5 heteroatoms. The van der Waals surface area contributed by atoms with Crippen molar-refractivity contribution in [1.29, 1.82) is 0 Å². The molecule has 2 rings (SSSR count). The zero-order chi connectivity index (χ0) is 13.0. The van der Waals surface area contributed by atoms with Gasteiger partial charge in [-0.1, -0.05) is 6.07 Å². The highest BCUT2D eigenvalue weighted by atomic mass is 79.9. The predicted octanol–water partition coefficient (Wildman–Crippen LogP) is 4.03. The average molecular weight is 371 g/mol. The molecule has 0 radical (unpaired) electrons. The number of hydrogen-bond acceptors (Lipinski definition) is 3. The Morgan fingerprint density at radius 1 is 1.22 bits per heavy atom. The third-order valence-corrected chi connectivity index (χ3v) is 3.57. The first-order valence-corrected chi connectivity index (χ1v) is 7.25. The number of anilines is 1. The first-order chi connectivity index (χ1) is 8.70. The van der Waals surface area contributed by atoms with Crippen LogP contribution in [0.3, 0.4) is 0 Å². The van der Waals surface area contributed by atoms with Crippen LogP contribution < -0.4 is 4.90 Å². The summed E-state index contributed by atoms with van der Waals surface area (Å²) in [7, 11) is 0. The van der Waals surface area contributed by atoms with Crippen LogP contribution >= 0.6 is 31.9 Å². The van der Waals surface area contributed by atoms with Gasteiger partial charge in [0.25, 0.3) is 0 Å². The fourth-order valence-electron chi connectivity index (χ4n) is 1.66. The lowest BCUT2D eigenvalue weighted by molar-refractivity contribution is 0.791. The van der Waals surface area contributed by atoms with Crippen molar-refractivity contribution in [3.8, 4) is 0 Å². The second kappa shape index (κ2) is 6.29. The van der Waals surface area contributed by atoms with Gasteiger partial charge in [0.2, 0.25) is 0 Å². The summed E-state index contributed by atoms with van der Waals surface area (Å²) in [5.74, 6) is 0.936. The maximum Gasteiger partial charge on any atom is 0.143 e. The van der Waals surface area contributed by atoms with E-state index in [1.54, 1.807) is 6.20 Å². The molecule has 2 aromatic heterocycles. The molecular formula is C13H13Br2N3. The number of hydrogen-bond donors (Lipinski definition) is 0. The smallest absolute Gasteiger partial charge is 0.143 e. The summed E-state index contributed by atoms with van der Waals surface area (Å²) >= 11 is 6.96. The highest BCUT2D eigenvalue weighted by molar-refractivity contribution is 9.11. The van der Waals surface area contributed by atoms with E-state index < -0.39 is 0 Å². The molecule has 0 saturated carbocycles. The molecule has 0 atom stereocenters. The molecule has 0 aliphatic heterocycles. The molecule has 0 amide bonds. The van der Waals surface area contributed by atoms with Crippen molar-refractivity contribution in [1.82, 2.24) is 9.97 Å². The molecule has 18 heavy (non-hydrogen) atoms. The number of pyridine rings is 2. The quantitative estimate of drug-likeness (QED) is 0.813. The topological polar surface area (TPSA) is 29.0 Å². The van der Waals surface area contributed by atoms with Crippen molar-refractivity contribution >= 4 is 37.7 Å². The Morgan fingerprint density at radius 2 is 2.06 bits per heavy atom. The number of halogens is 2. The van der Waals surface area contributed by atoms with E-state index in [1.165, 1.54) is 0 Å². The first kappa shape index (κ1) is 13.5. The van der Waals surface area contributed by atoms with E-state index in [0.717, 1.165) is 33.5 Å². The number of aromatic nitrogens is 2. The Kier molecular flexibility index (Phi) is 4.72. The Labute approximate surface area is 124 Å². The SMILES string of the molecule is CCN(Cc1ccccn1)c1ncc(Br)cc1Br. The van der Waals surface area contributed by atoms with Crippen molar-refractivity contribution in [3.63, 3.8) is 0 Å². The van der Waals surface area contributed by atoms with Gasteiger partial charge in [-0.2, -0.15) is 0 Å². The second-order valence-corrected chi connectivity index (χ2v) is 5.56. The Bertz CT molecular complexity index is 517. The van der Waals surface area contributed by atoms with E-state index in [4.69, 9.17) is 0 Å². The van der Waals surface area contributed by atoms with Gasteiger partial charge in [0.1, 0.15) is 5.82 Å². The minimum absolute atomic E-state index is 0.755. The third-order valence-electron chi connectivity index (χ3n) is 2.55. The van der Waals surface area contributed by atoms with E-state index in [9.17, 15) is 0 Å². The molecule has 94 valence electrons. The predicted molar refractivity (Wildman–Crippen MR) is 80.6 cm³/mol. The van der Waals surface area contributed by atoms with Crippen LogP contribution in [-0.4, -0.2) is 16.5 Å². The van der Waals surface area contributed by atoms with Gasteiger partial charge in [-0.25, -0.2) is 4.98 Å². The molecule has 0 aromatic carbocycles. The Morgan fingerprint density at radius 3 is 2.67 bits per heavy atom. The fraction of sp³-hybridized carbons (Fsp3) is 0.231. The van der Waals surface area contributed by atoms with E-state index in [-0.39, 0.29) is 0 Å². The first-order valence-electron chi connectivity index (χ1n) is 5.66. The van der Waals surface area contributed by atoms with Gasteiger partial charge in [-0.3, -0.25) is 4.98 Å². The lowest BCUT2D eigenvalue weighted by Gasteiger charge is -2.22. The minimum Gasteiger partial charge on any atom is -0.350 e. The van der Waals surface area contributed by atoms with Gasteiger partial charge in [0, 0.05) is 23.4 Å². The van der Waals surface area contributed by atoms with Gasteiger partial charge in [-0.05, 0) is 57.0 Å². The highest BCUT2D eigenvalue weighted by Crippen LogP contribution is 2.27. The fourth-order valence-corrected chi connectivity index (χ4v) is 2.90. The molecule has 0 unspecified atom stereocenters. The van der Waals surface area contributed by atoms with Crippen LogP contribution in [0.2, 0.25) is 0 Å². The lowest BCUT2D eigenvalue weighted by atomic mass is 10.3. The molecule has 2 aromatic rings. The summed E-state index contributed by atoms with van der Waals surface area (Å²) in [5, 5.41) is 0. The summed E-state index contributed by atoms with van der Waals surface area (Å²) in [4.78, 5) is 11.0. The van der Waals surface area contributed by atoms with Crippen LogP contribution in [0, 0.1) is 0 Å². The van der Waals surface area contributed by atoms with E-state index in [1.807, 2.05) is 30.5 Å². The molecule has 2 heterocycles. The van der Waals surface area contributed by atoms with Gasteiger partial charge in [-0.15, -0.1) is 0 Å². The van der Waals surface area contributed by atoms with Crippen LogP contribution in [-0.2, 0) is 6.54 Å². The molecule has 0 spiro atoms. The summed E-state index contributed by atoms with van der Waals surface area (Å²) in [6.07, 6.45) is 3.62. The van der Waals surface area contributed by atoms with E-state index in [2.05, 4.69) is 53.7 Å². The van der Waals surface area contributed by atoms with Crippen molar-refractivity contribution in [2.45, 2.75) is 13.5 Å². The van der Waals surface area contributed by atoms with E-state index in [0.29, 0.717) is 0 Å². The summed E-state index contributed by atoms with van der Waals surface area (Å²) < 4.78 is 1.95. The summed E-state index contributed by atoms with van der Waals surface area (Å²) in [6, 6.07) is 7.95. The van der Waals surface area contributed by atoms with Crippen LogP contribution in [0.4, 0.5) is 5.82 Å². The molecule has 0 saturated heterocycles. The molecule has 0 aliphatic rings. The second-order valence-electron chi connectivity index (χ2n) is 3.79. The molecule has 0 N–H and O–H groups in total. The maximum atomic E-state index is 4.45. The number of nitrogens with zero attached hydrogens (tertiary/aromatic N) is 3. The third kappa shape index (κ3) is 3.29. The minimum atomic E-state index is 0.755. The van der Waals surface area contributed by atoms with Gasteiger partial charge in [0.15, 0.2) is 0 Å². The van der Waals surface area contributed by atoms with Crippen LogP contribution in [0.5, 0.6) is 0 Å². The normalized spacial score (nSPS) is 10.4. The van der Waals surface area contributed by atoms with Gasteiger partial charge < -0.3 is 4.90 Å². The lowest BCUT2D eigenvalue weighted by Crippen LogP contribution is -2.24. The largest absolute Gasteiger partial charge is 0.350 e. The van der Waals surface area contributed by atoms with Crippen LogP contribution in [0.25, 0.3) is 0 Å². The highest BCUT2D eigenvalue weighted by Gasteiger charge is 2.11. The average Bonchev–Trinajstić information content (AvgIpc) is 2.38. The Hall–Kier alpha value is -0.940. The molecular weight excluding hydrogens is 358 g/mol. The van der Waals surface area contributed by atoms with Crippen molar-refractivity contribution in [2.75, 3.05) is 11.4 Å². The van der Waals surface area contributed by atoms with Gasteiger partial charge >= 0.3 is 0 Å². The van der Waals surface area contributed by atoms with Crippen LogP contribution in [0.15, 0.2) is 45.6 Å². The van der Waals surface area contributed by atoms with Gasteiger partial charge in [0.05, 0.1) is 16.7 Å². The number of rotatable bonds is 4. The van der Waals surface area contributed by atoms with Crippen molar-refractivity contribution in [2.24, 2.45) is 0 Å². The van der Waals surface area contributed by atoms with Crippen molar-refractivity contribution < 1.29 is 0 Å². The molecule has 0 bridgehead atoms. The van der Waals surface area contributed by atoms with Crippen LogP contribution in [0.1, 0.15) is 12.6 Å². The standard InChI is InChI=1S/C13H13Br2N3/c1-2-18(9-11-5-3-4-6-16-11)13-12(15)7-10(14)8-17-13/h3-8H,2,9H2,1H3. The maximum absolute atomic E-state index is 4.45. The zero-order valence-electron chi connectivity index (χ0n) is 9.98. The van der Waals surface area contributed by atoms with Crippen molar-refractivity contribution in [3.05, 3.63) is 51.3 Å². The van der Waals surface area contributed by atoms with E-state index >= 15 is 0 Å².